The molecule has 0 fully saturated rings. The summed E-state index contributed by atoms with van der Waals surface area (Å²) in [6.45, 7) is -0.208. The van der Waals surface area contributed by atoms with Crippen molar-refractivity contribution in [2.75, 3.05) is 20.8 Å². The molecule has 0 atom stereocenters. The highest BCUT2D eigenvalue weighted by Crippen LogP contribution is 2.34. The van der Waals surface area contributed by atoms with Crippen LogP contribution in [0.4, 0.5) is 0 Å². The molecule has 0 heterocycles. The SMILES string of the molecule is COc1ccccc1OCC(=O)N/N=C/c1cc(Br)c(O)c(OC)c1. The first-order chi connectivity index (χ1) is 12.0. The standard InChI is InChI=1S/C17H17BrN2O5/c1-23-13-5-3-4-6-14(13)25-10-16(21)20-19-9-11-7-12(18)17(22)15(8-11)24-2/h3-9,22H,10H2,1-2H3,(H,20,21)/b19-9+. The molecule has 8 heteroatoms. The first-order valence-corrected chi connectivity index (χ1v) is 7.98. The molecule has 0 aliphatic heterocycles. The third kappa shape index (κ3) is 5.12. The Morgan fingerprint density at radius 1 is 1.20 bits per heavy atom. The number of phenols is 1. The molecule has 0 spiro atoms. The zero-order chi connectivity index (χ0) is 18.2. The molecule has 2 aromatic carbocycles. The maximum atomic E-state index is 11.8. The summed E-state index contributed by atoms with van der Waals surface area (Å²) < 4.78 is 16.0. The van der Waals surface area contributed by atoms with Crippen molar-refractivity contribution in [1.29, 1.82) is 0 Å². The lowest BCUT2D eigenvalue weighted by molar-refractivity contribution is -0.123. The molecule has 2 aromatic rings. The molecular formula is C17H17BrN2O5. The van der Waals surface area contributed by atoms with Gasteiger partial charge in [-0.15, -0.1) is 0 Å². The number of para-hydroxylation sites is 2. The van der Waals surface area contributed by atoms with Crippen LogP contribution in [0.5, 0.6) is 23.0 Å². The van der Waals surface area contributed by atoms with Gasteiger partial charge in [-0.1, -0.05) is 12.1 Å². The Balaban J connectivity index is 1.91. The fourth-order valence-corrected chi connectivity index (χ4v) is 2.38. The van der Waals surface area contributed by atoms with Crippen LogP contribution in [0.15, 0.2) is 46.0 Å². The highest BCUT2D eigenvalue weighted by atomic mass is 79.9. The van der Waals surface area contributed by atoms with Crippen molar-refractivity contribution in [3.63, 3.8) is 0 Å². The molecule has 7 nitrogen and oxygen atoms in total. The van der Waals surface area contributed by atoms with Gasteiger partial charge in [0.2, 0.25) is 0 Å². The van der Waals surface area contributed by atoms with Gasteiger partial charge in [0, 0.05) is 0 Å². The van der Waals surface area contributed by atoms with Gasteiger partial charge >= 0.3 is 0 Å². The van der Waals surface area contributed by atoms with Crippen LogP contribution in [0.1, 0.15) is 5.56 Å². The maximum absolute atomic E-state index is 11.8. The van der Waals surface area contributed by atoms with Crippen molar-refractivity contribution in [3.05, 3.63) is 46.4 Å². The number of methoxy groups -OCH3 is 2. The number of hydrazone groups is 1. The second kappa shape index (κ2) is 8.93. The number of benzene rings is 2. The first-order valence-electron chi connectivity index (χ1n) is 7.19. The van der Waals surface area contributed by atoms with Crippen molar-refractivity contribution < 1.29 is 24.1 Å². The number of nitrogens with one attached hydrogen (secondary N) is 1. The lowest BCUT2D eigenvalue weighted by atomic mass is 10.2. The molecule has 0 aliphatic rings. The smallest absolute Gasteiger partial charge is 0.277 e. The number of phenolic OH excluding ortho intramolecular Hbond substituents is 1. The van der Waals surface area contributed by atoms with E-state index in [0.29, 0.717) is 27.3 Å². The largest absolute Gasteiger partial charge is 0.503 e. The molecule has 132 valence electrons. The number of amides is 1. The molecule has 0 aliphatic carbocycles. The van der Waals surface area contributed by atoms with Crippen LogP contribution in [-0.4, -0.2) is 38.1 Å². The number of nitrogens with zero attached hydrogens (tertiary/aromatic N) is 1. The number of hydrogen-bond donors (Lipinski definition) is 2. The van der Waals surface area contributed by atoms with E-state index in [0.717, 1.165) is 0 Å². The Hall–Kier alpha value is -2.74. The third-order valence-corrected chi connectivity index (χ3v) is 3.71. The topological polar surface area (TPSA) is 89.4 Å². The van der Waals surface area contributed by atoms with Crippen LogP contribution in [-0.2, 0) is 4.79 Å². The summed E-state index contributed by atoms with van der Waals surface area (Å²) in [5.74, 6) is 0.874. The molecule has 0 aromatic heterocycles. The number of ether oxygens (including phenoxy) is 3. The molecule has 0 saturated heterocycles. The van der Waals surface area contributed by atoms with Crippen LogP contribution in [0.3, 0.4) is 0 Å². The van der Waals surface area contributed by atoms with Gasteiger partial charge in [-0.3, -0.25) is 4.79 Å². The van der Waals surface area contributed by atoms with Crippen molar-refractivity contribution >= 4 is 28.1 Å². The Labute approximate surface area is 153 Å². The van der Waals surface area contributed by atoms with Gasteiger partial charge in [0.15, 0.2) is 29.6 Å². The molecule has 0 radical (unpaired) electrons. The average Bonchev–Trinajstić information content (AvgIpc) is 2.62. The van der Waals surface area contributed by atoms with Gasteiger partial charge in [-0.2, -0.15) is 5.10 Å². The lowest BCUT2D eigenvalue weighted by Gasteiger charge is -2.09. The van der Waals surface area contributed by atoms with Crippen LogP contribution in [0, 0.1) is 0 Å². The summed E-state index contributed by atoms with van der Waals surface area (Å²) in [4.78, 5) is 11.8. The van der Waals surface area contributed by atoms with E-state index in [1.54, 1.807) is 36.4 Å². The third-order valence-electron chi connectivity index (χ3n) is 3.10. The number of aromatic hydroxyl groups is 1. The van der Waals surface area contributed by atoms with E-state index >= 15 is 0 Å². The van der Waals surface area contributed by atoms with Crippen molar-refractivity contribution in [2.24, 2.45) is 5.10 Å². The van der Waals surface area contributed by atoms with E-state index in [4.69, 9.17) is 14.2 Å². The summed E-state index contributed by atoms with van der Waals surface area (Å²) in [5, 5.41) is 13.6. The molecular weight excluding hydrogens is 392 g/mol. The van der Waals surface area contributed by atoms with Gasteiger partial charge in [-0.25, -0.2) is 5.43 Å². The number of carbonyl (C=O) groups is 1. The first kappa shape index (κ1) is 18.6. The molecule has 25 heavy (non-hydrogen) atoms. The maximum Gasteiger partial charge on any atom is 0.277 e. The molecule has 0 saturated carbocycles. The molecule has 0 unspecified atom stereocenters. The normalized spacial score (nSPS) is 10.5. The van der Waals surface area contributed by atoms with Crippen molar-refractivity contribution in [2.45, 2.75) is 0 Å². The molecule has 1 amide bonds. The molecule has 2 rings (SSSR count). The van der Waals surface area contributed by atoms with E-state index in [1.165, 1.54) is 20.4 Å². The highest BCUT2D eigenvalue weighted by Gasteiger charge is 2.08. The predicted molar refractivity (Wildman–Crippen MR) is 96.6 cm³/mol. The zero-order valence-corrected chi connectivity index (χ0v) is 15.2. The minimum absolute atomic E-state index is 0.00565. The van der Waals surface area contributed by atoms with Gasteiger partial charge in [0.25, 0.3) is 5.91 Å². The predicted octanol–water partition coefficient (Wildman–Crippen LogP) is 2.70. The second-order valence-corrected chi connectivity index (χ2v) is 5.64. The van der Waals surface area contributed by atoms with E-state index in [9.17, 15) is 9.90 Å². The molecule has 2 N–H and O–H groups in total. The van der Waals surface area contributed by atoms with Gasteiger partial charge in [0.05, 0.1) is 24.9 Å². The fraction of sp³-hybridized carbons (Fsp3) is 0.176. The lowest BCUT2D eigenvalue weighted by Crippen LogP contribution is -2.24. The fourth-order valence-electron chi connectivity index (χ4n) is 1.92. The number of rotatable bonds is 7. The van der Waals surface area contributed by atoms with Crippen LogP contribution >= 0.6 is 15.9 Å². The average molecular weight is 409 g/mol. The monoisotopic (exact) mass is 408 g/mol. The van der Waals surface area contributed by atoms with Gasteiger partial charge < -0.3 is 19.3 Å². The van der Waals surface area contributed by atoms with Gasteiger partial charge in [-0.05, 0) is 45.8 Å². The highest BCUT2D eigenvalue weighted by molar-refractivity contribution is 9.10. The van der Waals surface area contributed by atoms with Crippen LogP contribution in [0.25, 0.3) is 0 Å². The van der Waals surface area contributed by atoms with Crippen LogP contribution < -0.4 is 19.6 Å². The number of halogens is 1. The second-order valence-electron chi connectivity index (χ2n) is 4.79. The van der Waals surface area contributed by atoms with E-state index in [2.05, 4.69) is 26.5 Å². The summed E-state index contributed by atoms with van der Waals surface area (Å²) in [5.41, 5.74) is 2.99. The summed E-state index contributed by atoms with van der Waals surface area (Å²) in [6.07, 6.45) is 1.42. The van der Waals surface area contributed by atoms with Crippen LogP contribution in [0.2, 0.25) is 0 Å². The van der Waals surface area contributed by atoms with Crippen molar-refractivity contribution in [3.8, 4) is 23.0 Å². The Bertz CT molecular complexity index is 780. The Kier molecular flexibility index (Phi) is 6.64. The number of carbonyl (C=O) groups excluding carboxylic acids is 1. The van der Waals surface area contributed by atoms with Gasteiger partial charge in [0.1, 0.15) is 0 Å². The Morgan fingerprint density at radius 3 is 2.56 bits per heavy atom. The zero-order valence-electron chi connectivity index (χ0n) is 13.7. The summed E-state index contributed by atoms with van der Waals surface area (Å²) >= 11 is 3.21. The minimum atomic E-state index is -0.424. The Morgan fingerprint density at radius 2 is 1.88 bits per heavy atom. The quantitative estimate of drug-likeness (QED) is 0.542. The van der Waals surface area contributed by atoms with Crippen molar-refractivity contribution in [1.82, 2.24) is 5.43 Å². The van der Waals surface area contributed by atoms with E-state index < -0.39 is 5.91 Å². The van der Waals surface area contributed by atoms with E-state index in [1.807, 2.05) is 0 Å². The van der Waals surface area contributed by atoms with E-state index in [-0.39, 0.29) is 12.4 Å². The summed E-state index contributed by atoms with van der Waals surface area (Å²) in [7, 11) is 2.97. The molecule has 0 bridgehead atoms. The number of hydrogen-bond acceptors (Lipinski definition) is 6. The summed E-state index contributed by atoms with van der Waals surface area (Å²) in [6, 6.07) is 10.3. The minimum Gasteiger partial charge on any atom is -0.503 e.